The number of hydrogen-bond acceptors (Lipinski definition) is 6. The van der Waals surface area contributed by atoms with E-state index >= 15 is 0 Å². The number of nitrogen functional groups attached to an aromatic ring is 1. The van der Waals surface area contributed by atoms with Gasteiger partial charge in [0.1, 0.15) is 18.5 Å². The van der Waals surface area contributed by atoms with Gasteiger partial charge in [-0.3, -0.25) is 0 Å². The van der Waals surface area contributed by atoms with Crippen LogP contribution < -0.4 is 10.5 Å². The number of morpholine rings is 1. The first kappa shape index (κ1) is 15.6. The van der Waals surface area contributed by atoms with E-state index in [0.717, 1.165) is 13.1 Å². The predicted molar refractivity (Wildman–Crippen MR) is 79.5 cm³/mol. The van der Waals surface area contributed by atoms with Gasteiger partial charge in [0.15, 0.2) is 0 Å². The van der Waals surface area contributed by atoms with Gasteiger partial charge in [0.05, 0.1) is 18.8 Å². The third-order valence-electron chi connectivity index (χ3n) is 3.22. The van der Waals surface area contributed by atoms with Gasteiger partial charge in [-0.1, -0.05) is 0 Å². The fraction of sp³-hybridized carbons (Fsp3) is 0.533. The third kappa shape index (κ3) is 4.61. The fourth-order valence-corrected chi connectivity index (χ4v) is 2.21. The third-order valence-corrected chi connectivity index (χ3v) is 3.22. The SMILES string of the molecule is CCOc1cc(N)cc(C(=O)OCC2CN(C)CCO2)c1. The molecule has 0 aliphatic carbocycles. The van der Waals surface area contributed by atoms with Crippen molar-refractivity contribution >= 4 is 11.7 Å². The molecule has 1 atom stereocenters. The molecule has 1 aliphatic heterocycles. The highest BCUT2D eigenvalue weighted by Gasteiger charge is 2.20. The van der Waals surface area contributed by atoms with Crippen LogP contribution in [-0.4, -0.2) is 56.9 Å². The summed E-state index contributed by atoms with van der Waals surface area (Å²) in [4.78, 5) is 14.2. The summed E-state index contributed by atoms with van der Waals surface area (Å²) < 4.78 is 16.2. The topological polar surface area (TPSA) is 74.0 Å². The molecular formula is C15H22N2O4. The summed E-state index contributed by atoms with van der Waals surface area (Å²) >= 11 is 0. The zero-order chi connectivity index (χ0) is 15.2. The number of benzene rings is 1. The molecule has 1 aromatic carbocycles. The molecule has 0 radical (unpaired) electrons. The van der Waals surface area contributed by atoms with Gasteiger partial charge in [-0.25, -0.2) is 4.79 Å². The minimum atomic E-state index is -0.417. The number of carbonyl (C=O) groups excluding carboxylic acids is 1. The number of rotatable bonds is 5. The van der Waals surface area contributed by atoms with Gasteiger partial charge in [-0.15, -0.1) is 0 Å². The number of esters is 1. The van der Waals surface area contributed by atoms with Crippen LogP contribution in [0, 0.1) is 0 Å². The van der Waals surface area contributed by atoms with Gasteiger partial charge in [0.25, 0.3) is 0 Å². The maximum Gasteiger partial charge on any atom is 0.338 e. The van der Waals surface area contributed by atoms with Gasteiger partial charge in [0, 0.05) is 24.8 Å². The number of nitrogens with zero attached hydrogens (tertiary/aromatic N) is 1. The second-order valence-electron chi connectivity index (χ2n) is 5.08. The van der Waals surface area contributed by atoms with Crippen molar-refractivity contribution in [3.8, 4) is 5.75 Å². The van der Waals surface area contributed by atoms with E-state index in [1.807, 2.05) is 14.0 Å². The lowest BCUT2D eigenvalue weighted by Crippen LogP contribution is -2.42. The number of likely N-dealkylation sites (N-methyl/N-ethyl adjacent to an activating group) is 1. The molecule has 1 aromatic rings. The van der Waals surface area contributed by atoms with Crippen LogP contribution in [0.5, 0.6) is 5.75 Å². The second kappa shape index (κ2) is 7.28. The summed E-state index contributed by atoms with van der Waals surface area (Å²) in [5.74, 6) is 0.151. The Morgan fingerprint density at radius 2 is 2.29 bits per heavy atom. The van der Waals surface area contributed by atoms with E-state index in [2.05, 4.69) is 4.90 Å². The molecule has 0 bridgehead atoms. The lowest BCUT2D eigenvalue weighted by molar-refractivity contribution is -0.0528. The first-order valence-electron chi connectivity index (χ1n) is 7.09. The molecule has 6 nitrogen and oxygen atoms in total. The van der Waals surface area contributed by atoms with Gasteiger partial charge in [-0.05, 0) is 26.1 Å². The molecule has 0 amide bonds. The average molecular weight is 294 g/mol. The molecule has 1 fully saturated rings. The van der Waals surface area contributed by atoms with Crippen molar-refractivity contribution in [3.63, 3.8) is 0 Å². The summed E-state index contributed by atoms with van der Waals surface area (Å²) in [6, 6.07) is 4.90. The van der Waals surface area contributed by atoms with E-state index in [1.165, 1.54) is 0 Å². The van der Waals surface area contributed by atoms with Crippen molar-refractivity contribution in [2.75, 3.05) is 45.7 Å². The maximum atomic E-state index is 12.1. The Labute approximate surface area is 124 Å². The molecule has 6 heteroatoms. The van der Waals surface area contributed by atoms with Gasteiger partial charge < -0.3 is 24.8 Å². The molecule has 0 aromatic heterocycles. The highest BCUT2D eigenvalue weighted by molar-refractivity contribution is 5.91. The van der Waals surface area contributed by atoms with Crippen molar-refractivity contribution in [1.29, 1.82) is 0 Å². The molecule has 21 heavy (non-hydrogen) atoms. The molecular weight excluding hydrogens is 272 g/mol. The Balaban J connectivity index is 1.93. The Hall–Kier alpha value is -1.79. The first-order chi connectivity index (χ1) is 10.1. The Kier molecular flexibility index (Phi) is 5.41. The van der Waals surface area contributed by atoms with E-state index in [-0.39, 0.29) is 12.7 Å². The molecule has 1 saturated heterocycles. The van der Waals surface area contributed by atoms with Crippen LogP contribution in [0.25, 0.3) is 0 Å². The smallest absolute Gasteiger partial charge is 0.338 e. The van der Waals surface area contributed by atoms with Crippen molar-refractivity contribution in [1.82, 2.24) is 4.90 Å². The van der Waals surface area contributed by atoms with E-state index < -0.39 is 5.97 Å². The Morgan fingerprint density at radius 1 is 1.48 bits per heavy atom. The average Bonchev–Trinajstić information content (AvgIpc) is 2.44. The maximum absolute atomic E-state index is 12.1. The van der Waals surface area contributed by atoms with E-state index in [9.17, 15) is 4.79 Å². The van der Waals surface area contributed by atoms with Gasteiger partial charge in [0.2, 0.25) is 0 Å². The largest absolute Gasteiger partial charge is 0.494 e. The van der Waals surface area contributed by atoms with Crippen LogP contribution in [0.4, 0.5) is 5.69 Å². The summed E-state index contributed by atoms with van der Waals surface area (Å²) in [5.41, 5.74) is 6.63. The monoisotopic (exact) mass is 294 g/mol. The fourth-order valence-electron chi connectivity index (χ4n) is 2.21. The summed E-state index contributed by atoms with van der Waals surface area (Å²) in [7, 11) is 2.02. The van der Waals surface area contributed by atoms with Crippen molar-refractivity contribution in [2.45, 2.75) is 13.0 Å². The highest BCUT2D eigenvalue weighted by Crippen LogP contribution is 2.20. The standard InChI is InChI=1S/C15H22N2O4/c1-3-19-13-7-11(6-12(16)8-13)15(18)21-10-14-9-17(2)4-5-20-14/h6-8,14H,3-5,9-10,16H2,1-2H3. The first-order valence-corrected chi connectivity index (χ1v) is 7.09. The lowest BCUT2D eigenvalue weighted by atomic mass is 10.2. The molecule has 0 saturated carbocycles. The Morgan fingerprint density at radius 3 is 3.00 bits per heavy atom. The van der Waals surface area contributed by atoms with Crippen molar-refractivity contribution in [3.05, 3.63) is 23.8 Å². The minimum Gasteiger partial charge on any atom is -0.494 e. The van der Waals surface area contributed by atoms with Crippen LogP contribution in [-0.2, 0) is 9.47 Å². The molecule has 116 valence electrons. The molecule has 1 heterocycles. The second-order valence-corrected chi connectivity index (χ2v) is 5.08. The molecule has 2 rings (SSSR count). The van der Waals surface area contributed by atoms with E-state index in [4.69, 9.17) is 19.9 Å². The summed E-state index contributed by atoms with van der Waals surface area (Å²) in [5, 5.41) is 0. The predicted octanol–water partition coefficient (Wildman–Crippen LogP) is 1.15. The zero-order valence-corrected chi connectivity index (χ0v) is 12.5. The van der Waals surface area contributed by atoms with Crippen LogP contribution in [0.15, 0.2) is 18.2 Å². The molecule has 0 spiro atoms. The molecule has 1 aliphatic rings. The Bertz CT molecular complexity index is 493. The normalized spacial score (nSPS) is 19.2. The van der Waals surface area contributed by atoms with Crippen molar-refractivity contribution < 1.29 is 19.0 Å². The van der Waals surface area contributed by atoms with Crippen molar-refractivity contribution in [2.24, 2.45) is 0 Å². The van der Waals surface area contributed by atoms with E-state index in [0.29, 0.717) is 30.2 Å². The number of nitrogens with two attached hydrogens (primary N) is 1. The molecule has 2 N–H and O–H groups in total. The highest BCUT2D eigenvalue weighted by atomic mass is 16.6. The number of carbonyl (C=O) groups is 1. The quantitative estimate of drug-likeness (QED) is 0.649. The van der Waals surface area contributed by atoms with Crippen LogP contribution >= 0.6 is 0 Å². The zero-order valence-electron chi connectivity index (χ0n) is 12.5. The van der Waals surface area contributed by atoms with Gasteiger partial charge in [-0.2, -0.15) is 0 Å². The minimum absolute atomic E-state index is 0.0832. The molecule has 1 unspecified atom stereocenters. The van der Waals surface area contributed by atoms with Crippen LogP contribution in [0.3, 0.4) is 0 Å². The van der Waals surface area contributed by atoms with Crippen LogP contribution in [0.2, 0.25) is 0 Å². The summed E-state index contributed by atoms with van der Waals surface area (Å²) in [6.45, 7) is 4.94. The lowest BCUT2D eigenvalue weighted by Gasteiger charge is -2.29. The number of ether oxygens (including phenoxy) is 3. The number of hydrogen-bond donors (Lipinski definition) is 1. The number of anilines is 1. The van der Waals surface area contributed by atoms with Crippen LogP contribution in [0.1, 0.15) is 17.3 Å². The summed E-state index contributed by atoms with van der Waals surface area (Å²) in [6.07, 6.45) is -0.0832. The van der Waals surface area contributed by atoms with E-state index in [1.54, 1.807) is 18.2 Å². The van der Waals surface area contributed by atoms with Gasteiger partial charge >= 0.3 is 5.97 Å².